The molecule has 0 fully saturated rings. The second-order valence-electron chi connectivity index (χ2n) is 7.37. The molecule has 6 heteroatoms. The molecule has 5 nitrogen and oxygen atoms in total. The van der Waals surface area contributed by atoms with Gasteiger partial charge in [0.25, 0.3) is 0 Å². The summed E-state index contributed by atoms with van der Waals surface area (Å²) in [5.74, 6) is -1.15. The van der Waals surface area contributed by atoms with Gasteiger partial charge < -0.3 is 4.74 Å². The van der Waals surface area contributed by atoms with Gasteiger partial charge in [0.05, 0.1) is 18.3 Å². The maximum atomic E-state index is 13.4. The van der Waals surface area contributed by atoms with Crippen LogP contribution in [0.4, 0.5) is 0 Å². The number of hydrogen-bond acceptors (Lipinski definition) is 4. The summed E-state index contributed by atoms with van der Waals surface area (Å²) in [5, 5.41) is 15.1. The Balaban J connectivity index is 2.63. The van der Waals surface area contributed by atoms with Crippen molar-refractivity contribution in [3.63, 3.8) is 0 Å². The second-order valence-corrected chi connectivity index (χ2v) is 10.7. The Labute approximate surface area is 182 Å². The average Bonchev–Trinajstić information content (AvgIpc) is 2.82. The molecular weight excluding hydrogens is 409 g/mol. The van der Waals surface area contributed by atoms with Gasteiger partial charge in [-0.1, -0.05) is 97.9 Å². The van der Waals surface area contributed by atoms with E-state index in [1.54, 1.807) is 13.8 Å². The van der Waals surface area contributed by atoms with Gasteiger partial charge in [-0.2, -0.15) is 0 Å². The quantitative estimate of drug-likeness (QED) is 0.246. The monoisotopic (exact) mass is 435 g/mol. The van der Waals surface area contributed by atoms with E-state index in [1.165, 1.54) is 7.11 Å². The number of hydrogen-bond donors (Lipinski definition) is 0. The van der Waals surface area contributed by atoms with Crippen molar-refractivity contribution >= 4 is 34.1 Å². The maximum Gasteiger partial charge on any atom is 0.335 e. The van der Waals surface area contributed by atoms with Crippen molar-refractivity contribution in [1.29, 1.82) is 0 Å². The predicted molar refractivity (Wildman–Crippen MR) is 128 cm³/mol. The molecule has 0 aliphatic carbocycles. The SMILES string of the molecule is COC(=O)C([C@@H](C)[C@H](C)[N+](=O)[O-])=P(c1ccccc1)(c1ccccc1)c1ccccc1. The predicted octanol–water partition coefficient (Wildman–Crippen LogP) is 3.63. The highest BCUT2D eigenvalue weighted by Crippen LogP contribution is 2.48. The van der Waals surface area contributed by atoms with Gasteiger partial charge in [-0.25, -0.2) is 4.79 Å². The third-order valence-electron chi connectivity index (χ3n) is 5.67. The molecular formula is C25H26NO4P. The zero-order valence-corrected chi connectivity index (χ0v) is 18.7. The van der Waals surface area contributed by atoms with Crippen LogP contribution in [-0.2, 0) is 9.53 Å². The first-order valence-electron chi connectivity index (χ1n) is 10.1. The molecule has 0 saturated carbocycles. The number of methoxy groups -OCH3 is 1. The zero-order chi connectivity index (χ0) is 22.4. The van der Waals surface area contributed by atoms with E-state index in [9.17, 15) is 14.9 Å². The molecule has 0 bridgehead atoms. The van der Waals surface area contributed by atoms with E-state index in [4.69, 9.17) is 4.74 Å². The van der Waals surface area contributed by atoms with Gasteiger partial charge in [-0.15, -0.1) is 0 Å². The molecule has 0 aromatic heterocycles. The second kappa shape index (κ2) is 9.76. The van der Waals surface area contributed by atoms with Crippen LogP contribution in [0.2, 0.25) is 0 Å². The van der Waals surface area contributed by atoms with Crippen molar-refractivity contribution in [1.82, 2.24) is 0 Å². The third-order valence-corrected chi connectivity index (χ3v) is 10.2. The van der Waals surface area contributed by atoms with Gasteiger partial charge in [0, 0.05) is 11.8 Å². The summed E-state index contributed by atoms with van der Waals surface area (Å²) >= 11 is 0. The van der Waals surface area contributed by atoms with Gasteiger partial charge in [0.1, 0.15) is 0 Å². The first-order valence-corrected chi connectivity index (χ1v) is 11.9. The highest BCUT2D eigenvalue weighted by molar-refractivity contribution is 7.96. The van der Waals surface area contributed by atoms with Crippen LogP contribution in [0.15, 0.2) is 91.0 Å². The van der Waals surface area contributed by atoms with Crippen molar-refractivity contribution in [2.24, 2.45) is 5.92 Å². The van der Waals surface area contributed by atoms with Gasteiger partial charge >= 0.3 is 5.97 Å². The molecule has 0 heterocycles. The van der Waals surface area contributed by atoms with E-state index < -0.39 is 24.8 Å². The van der Waals surface area contributed by atoms with E-state index in [2.05, 4.69) is 0 Å². The summed E-state index contributed by atoms with van der Waals surface area (Å²) in [4.78, 5) is 24.8. The van der Waals surface area contributed by atoms with Crippen LogP contribution in [0.1, 0.15) is 13.8 Å². The lowest BCUT2D eigenvalue weighted by molar-refractivity contribution is -0.523. The number of nitrogens with zero attached hydrogens (tertiary/aromatic N) is 1. The molecule has 31 heavy (non-hydrogen) atoms. The molecule has 160 valence electrons. The Hall–Kier alpha value is -3.17. The van der Waals surface area contributed by atoms with Gasteiger partial charge in [0.15, 0.2) is 0 Å². The fraction of sp³-hybridized carbons (Fsp3) is 0.200. The third kappa shape index (κ3) is 4.19. The largest absolute Gasteiger partial charge is 0.466 e. The molecule has 3 aromatic rings. The maximum absolute atomic E-state index is 13.4. The Bertz CT molecular complexity index is 995. The molecule has 0 aliphatic heterocycles. The van der Waals surface area contributed by atoms with Crippen LogP contribution < -0.4 is 15.9 Å². The van der Waals surface area contributed by atoms with Crippen LogP contribution >= 0.6 is 6.89 Å². The van der Waals surface area contributed by atoms with Crippen molar-refractivity contribution < 1.29 is 14.5 Å². The standard InChI is InChI=1S/C25H26NO4P/c1-19(20(2)26(28)29)24(25(27)30-3)31(21-13-7-4-8-14-21,22-15-9-5-10-16-22)23-17-11-6-12-18-23/h4-20H,1-3H3/t19-,20-/m0/s1. The summed E-state index contributed by atoms with van der Waals surface area (Å²) in [6, 6.07) is 28.4. The number of carbonyl (C=O) groups excluding carboxylic acids is 1. The Morgan fingerprint density at radius 3 is 1.45 bits per heavy atom. The lowest BCUT2D eigenvalue weighted by atomic mass is 10.0. The molecule has 0 amide bonds. The van der Waals surface area contributed by atoms with Crippen LogP contribution in [0.3, 0.4) is 0 Å². The molecule has 0 aliphatic rings. The van der Waals surface area contributed by atoms with E-state index in [0.717, 1.165) is 15.9 Å². The first-order chi connectivity index (χ1) is 14.9. The molecule has 0 radical (unpaired) electrons. The van der Waals surface area contributed by atoms with Crippen molar-refractivity contribution in [2.45, 2.75) is 19.9 Å². The van der Waals surface area contributed by atoms with Crippen molar-refractivity contribution in [3.8, 4) is 0 Å². The summed E-state index contributed by atoms with van der Waals surface area (Å²) < 4.78 is 5.26. The Morgan fingerprint density at radius 2 is 1.16 bits per heavy atom. The van der Waals surface area contributed by atoms with Crippen LogP contribution in [0.25, 0.3) is 0 Å². The molecule has 0 spiro atoms. The number of esters is 1. The highest BCUT2D eigenvalue weighted by Gasteiger charge is 2.40. The summed E-state index contributed by atoms with van der Waals surface area (Å²) in [6.07, 6.45) is 0. The Morgan fingerprint density at radius 1 is 0.806 bits per heavy atom. The average molecular weight is 435 g/mol. The number of carbonyl (C=O) groups is 1. The summed E-state index contributed by atoms with van der Waals surface area (Å²) in [5.41, 5.74) is 0. The molecule has 0 unspecified atom stereocenters. The van der Waals surface area contributed by atoms with E-state index >= 15 is 0 Å². The van der Waals surface area contributed by atoms with E-state index in [-0.39, 0.29) is 4.92 Å². The number of nitro groups is 1. The molecule has 0 N–H and O–H groups in total. The lowest BCUT2D eigenvalue weighted by Gasteiger charge is -2.34. The number of ether oxygens (including phenoxy) is 1. The fourth-order valence-corrected chi connectivity index (χ4v) is 8.74. The van der Waals surface area contributed by atoms with E-state index in [0.29, 0.717) is 5.29 Å². The zero-order valence-electron chi connectivity index (χ0n) is 17.8. The summed E-state index contributed by atoms with van der Waals surface area (Å²) in [6.45, 7) is 0.550. The lowest BCUT2D eigenvalue weighted by Crippen LogP contribution is -2.41. The van der Waals surface area contributed by atoms with Gasteiger partial charge in [-0.3, -0.25) is 10.1 Å². The van der Waals surface area contributed by atoms with E-state index in [1.807, 2.05) is 91.0 Å². The molecule has 3 aromatic carbocycles. The minimum absolute atomic E-state index is 0.330. The number of rotatable bonds is 7. The van der Waals surface area contributed by atoms with Gasteiger partial charge in [-0.05, 0) is 22.8 Å². The van der Waals surface area contributed by atoms with Crippen molar-refractivity contribution in [2.75, 3.05) is 7.11 Å². The van der Waals surface area contributed by atoms with Crippen LogP contribution in [-0.4, -0.2) is 29.3 Å². The minimum atomic E-state index is -2.75. The Kier molecular flexibility index (Phi) is 7.09. The molecule has 0 saturated heterocycles. The van der Waals surface area contributed by atoms with Crippen molar-refractivity contribution in [3.05, 3.63) is 101 Å². The molecule has 2 atom stereocenters. The van der Waals surface area contributed by atoms with Crippen LogP contribution in [0.5, 0.6) is 0 Å². The topological polar surface area (TPSA) is 69.4 Å². The number of benzene rings is 3. The highest BCUT2D eigenvalue weighted by atomic mass is 31.2. The first kappa shape index (κ1) is 22.5. The smallest absolute Gasteiger partial charge is 0.335 e. The minimum Gasteiger partial charge on any atom is -0.466 e. The van der Waals surface area contributed by atoms with Crippen LogP contribution in [0, 0.1) is 16.0 Å². The molecule has 3 rings (SSSR count). The summed E-state index contributed by atoms with van der Waals surface area (Å²) in [7, 11) is 1.33. The fourth-order valence-electron chi connectivity index (χ4n) is 3.96. The van der Waals surface area contributed by atoms with Gasteiger partial charge in [0.2, 0.25) is 6.04 Å². The normalized spacial score (nSPS) is 13.1.